The van der Waals surface area contributed by atoms with Gasteiger partial charge in [0.1, 0.15) is 5.60 Å². The molecule has 0 unspecified atom stereocenters. The highest BCUT2D eigenvalue weighted by molar-refractivity contribution is 5.70. The van der Waals surface area contributed by atoms with Crippen molar-refractivity contribution in [3.05, 3.63) is 0 Å². The number of nitrogens with one attached hydrogen (secondary N) is 1. The summed E-state index contributed by atoms with van der Waals surface area (Å²) in [4.78, 5) is 14.3. The van der Waals surface area contributed by atoms with Crippen LogP contribution < -0.4 is 5.32 Å². The van der Waals surface area contributed by atoms with Crippen molar-refractivity contribution < 1.29 is 14.3 Å². The molecule has 2 aliphatic rings. The standard InChI is InChI=1S/C13H24N2O3/c1-12(2,3)18-11(16)15-10-5-6-13(15,9-17-4)8-14-7-10/h10,14H,5-9H2,1-4H3/t10-,13+/m1/s1. The molecule has 5 nitrogen and oxygen atoms in total. The van der Waals surface area contributed by atoms with Crippen LogP contribution in [0.25, 0.3) is 0 Å². The first-order chi connectivity index (χ1) is 8.38. The van der Waals surface area contributed by atoms with Crippen LogP contribution in [0.3, 0.4) is 0 Å². The Balaban J connectivity index is 2.16. The van der Waals surface area contributed by atoms with Gasteiger partial charge < -0.3 is 14.8 Å². The van der Waals surface area contributed by atoms with Gasteiger partial charge in [0.05, 0.1) is 12.1 Å². The monoisotopic (exact) mass is 256 g/mol. The molecule has 0 aromatic heterocycles. The minimum Gasteiger partial charge on any atom is -0.444 e. The molecule has 1 N–H and O–H groups in total. The van der Waals surface area contributed by atoms with Gasteiger partial charge in [-0.3, -0.25) is 4.90 Å². The molecule has 1 amide bonds. The third kappa shape index (κ3) is 2.47. The molecular formula is C13H24N2O3. The highest BCUT2D eigenvalue weighted by atomic mass is 16.6. The largest absolute Gasteiger partial charge is 0.444 e. The Labute approximate surface area is 109 Å². The zero-order chi connectivity index (χ0) is 13.4. The topological polar surface area (TPSA) is 50.8 Å². The zero-order valence-corrected chi connectivity index (χ0v) is 11.8. The van der Waals surface area contributed by atoms with Crippen molar-refractivity contribution in [2.75, 3.05) is 26.8 Å². The fourth-order valence-corrected chi connectivity index (χ4v) is 3.03. The van der Waals surface area contributed by atoms with E-state index >= 15 is 0 Å². The molecule has 2 saturated heterocycles. The van der Waals surface area contributed by atoms with E-state index in [9.17, 15) is 4.79 Å². The number of piperazine rings is 1. The Morgan fingerprint density at radius 1 is 1.50 bits per heavy atom. The maximum absolute atomic E-state index is 12.4. The average Bonchev–Trinajstić information content (AvgIpc) is 2.44. The first-order valence-electron chi connectivity index (χ1n) is 6.60. The molecule has 0 spiro atoms. The van der Waals surface area contributed by atoms with E-state index in [1.165, 1.54) is 0 Å². The maximum Gasteiger partial charge on any atom is 0.411 e. The summed E-state index contributed by atoms with van der Waals surface area (Å²) in [5, 5.41) is 3.39. The molecule has 0 aromatic carbocycles. The number of fused-ring (bicyclic) bond motifs is 2. The van der Waals surface area contributed by atoms with E-state index in [0.717, 1.165) is 25.9 Å². The van der Waals surface area contributed by atoms with Gasteiger partial charge in [0.15, 0.2) is 0 Å². The first kappa shape index (κ1) is 13.6. The van der Waals surface area contributed by atoms with Gasteiger partial charge in [-0.15, -0.1) is 0 Å². The second-order valence-corrected chi connectivity index (χ2v) is 6.33. The van der Waals surface area contributed by atoms with Crippen LogP contribution in [0.5, 0.6) is 0 Å². The van der Waals surface area contributed by atoms with Crippen LogP contribution in [0.15, 0.2) is 0 Å². The number of carbonyl (C=O) groups excluding carboxylic acids is 1. The lowest BCUT2D eigenvalue weighted by Crippen LogP contribution is -2.64. The molecular weight excluding hydrogens is 232 g/mol. The molecule has 2 rings (SSSR count). The highest BCUT2D eigenvalue weighted by Crippen LogP contribution is 2.37. The third-order valence-electron chi connectivity index (χ3n) is 3.66. The van der Waals surface area contributed by atoms with E-state index in [-0.39, 0.29) is 17.7 Å². The van der Waals surface area contributed by atoms with Crippen LogP contribution in [0.2, 0.25) is 0 Å². The van der Waals surface area contributed by atoms with Crippen LogP contribution in [0.1, 0.15) is 33.6 Å². The van der Waals surface area contributed by atoms with Gasteiger partial charge in [0.2, 0.25) is 0 Å². The molecule has 0 aromatic rings. The second-order valence-electron chi connectivity index (χ2n) is 6.33. The Morgan fingerprint density at radius 3 is 2.83 bits per heavy atom. The fourth-order valence-electron chi connectivity index (χ4n) is 3.03. The van der Waals surface area contributed by atoms with Crippen LogP contribution in [-0.2, 0) is 9.47 Å². The van der Waals surface area contributed by atoms with Gasteiger partial charge in [0.25, 0.3) is 0 Å². The summed E-state index contributed by atoms with van der Waals surface area (Å²) in [5.74, 6) is 0. The van der Waals surface area contributed by atoms with Gasteiger partial charge in [-0.2, -0.15) is 0 Å². The summed E-state index contributed by atoms with van der Waals surface area (Å²) in [6, 6.07) is 0.240. The van der Waals surface area contributed by atoms with Gasteiger partial charge in [-0.1, -0.05) is 0 Å². The lowest BCUT2D eigenvalue weighted by molar-refractivity contribution is -0.0305. The Morgan fingerprint density at radius 2 is 2.22 bits per heavy atom. The minimum absolute atomic E-state index is 0.205. The van der Waals surface area contributed by atoms with Crippen LogP contribution in [-0.4, -0.2) is 55.0 Å². The first-order valence-corrected chi connectivity index (χ1v) is 6.60. The summed E-state index contributed by atoms with van der Waals surface area (Å²) < 4.78 is 10.9. The molecule has 0 saturated carbocycles. The van der Waals surface area contributed by atoms with E-state index in [1.54, 1.807) is 7.11 Å². The van der Waals surface area contributed by atoms with Crippen molar-refractivity contribution in [2.24, 2.45) is 0 Å². The molecule has 104 valence electrons. The predicted octanol–water partition coefficient (Wildman–Crippen LogP) is 1.37. The second kappa shape index (κ2) is 4.70. The van der Waals surface area contributed by atoms with Gasteiger partial charge >= 0.3 is 6.09 Å². The van der Waals surface area contributed by atoms with Gasteiger partial charge in [-0.25, -0.2) is 4.79 Å². The Bertz CT molecular complexity index is 317. The van der Waals surface area contributed by atoms with Crippen LogP contribution in [0, 0.1) is 0 Å². The van der Waals surface area contributed by atoms with Crippen molar-refractivity contribution in [1.82, 2.24) is 10.2 Å². The zero-order valence-electron chi connectivity index (χ0n) is 11.8. The molecule has 2 bridgehead atoms. The van der Waals surface area contributed by atoms with Gasteiger partial charge in [-0.05, 0) is 33.6 Å². The molecule has 0 radical (unpaired) electrons. The molecule has 2 heterocycles. The van der Waals surface area contributed by atoms with E-state index in [1.807, 2.05) is 25.7 Å². The van der Waals surface area contributed by atoms with E-state index in [4.69, 9.17) is 9.47 Å². The Kier molecular flexibility index (Phi) is 3.56. The van der Waals surface area contributed by atoms with Crippen molar-refractivity contribution in [3.8, 4) is 0 Å². The SMILES string of the molecule is COC[C@]12CC[C@H](CNC1)N2C(=O)OC(C)(C)C. The number of methoxy groups -OCH3 is 1. The lowest BCUT2D eigenvalue weighted by Gasteiger charge is -2.44. The lowest BCUT2D eigenvalue weighted by atomic mass is 9.97. The van der Waals surface area contributed by atoms with Crippen LogP contribution in [0.4, 0.5) is 4.79 Å². The number of amides is 1. The summed E-state index contributed by atoms with van der Waals surface area (Å²) in [7, 11) is 1.68. The summed E-state index contributed by atoms with van der Waals surface area (Å²) in [6.07, 6.45) is 1.80. The molecule has 2 atom stereocenters. The van der Waals surface area contributed by atoms with Crippen molar-refractivity contribution in [1.29, 1.82) is 0 Å². The molecule has 2 fully saturated rings. The number of nitrogens with zero attached hydrogens (tertiary/aromatic N) is 1. The van der Waals surface area contributed by atoms with E-state index in [2.05, 4.69) is 5.32 Å². The highest BCUT2D eigenvalue weighted by Gasteiger charge is 2.52. The molecule has 2 aliphatic heterocycles. The maximum atomic E-state index is 12.4. The quantitative estimate of drug-likeness (QED) is 0.811. The smallest absolute Gasteiger partial charge is 0.411 e. The summed E-state index contributed by atoms with van der Waals surface area (Å²) in [6.45, 7) is 7.91. The summed E-state index contributed by atoms with van der Waals surface area (Å²) in [5.41, 5.74) is -0.671. The number of rotatable bonds is 2. The van der Waals surface area contributed by atoms with Crippen molar-refractivity contribution in [3.63, 3.8) is 0 Å². The van der Waals surface area contributed by atoms with E-state index in [0.29, 0.717) is 6.61 Å². The van der Waals surface area contributed by atoms with Crippen molar-refractivity contribution in [2.45, 2.75) is 50.8 Å². The number of hydrogen-bond acceptors (Lipinski definition) is 4. The van der Waals surface area contributed by atoms with Crippen LogP contribution >= 0.6 is 0 Å². The third-order valence-corrected chi connectivity index (χ3v) is 3.66. The number of carbonyl (C=O) groups is 1. The molecule has 5 heteroatoms. The summed E-state index contributed by atoms with van der Waals surface area (Å²) >= 11 is 0. The fraction of sp³-hybridized carbons (Fsp3) is 0.923. The number of ether oxygens (including phenoxy) is 2. The number of hydrogen-bond donors (Lipinski definition) is 1. The normalized spacial score (nSPS) is 31.6. The average molecular weight is 256 g/mol. The molecule has 0 aliphatic carbocycles. The molecule has 18 heavy (non-hydrogen) atoms. The van der Waals surface area contributed by atoms with Gasteiger partial charge in [0, 0.05) is 26.2 Å². The Hall–Kier alpha value is -0.810. The minimum atomic E-state index is -0.449. The predicted molar refractivity (Wildman–Crippen MR) is 68.6 cm³/mol. The van der Waals surface area contributed by atoms with E-state index < -0.39 is 5.60 Å². The van der Waals surface area contributed by atoms with Crippen molar-refractivity contribution >= 4 is 6.09 Å².